The molecule has 1 atom stereocenters. The Kier molecular flexibility index (Phi) is 3.91. The standard InChI is InChI=1S/C11H17N3O4S/c1-8-10(7-12-13-8)19(16,17)14-6-4-3-5-9(14)11(15)18-2/h7,9H,3-6H2,1-2H3,(H,12,13)/t9-/m1/s1. The van der Waals surface area contributed by atoms with E-state index < -0.39 is 22.0 Å². The minimum Gasteiger partial charge on any atom is -0.468 e. The van der Waals surface area contributed by atoms with Gasteiger partial charge in [-0.1, -0.05) is 0 Å². The average Bonchev–Trinajstić information content (AvgIpc) is 2.85. The molecular formula is C11H17N3O4S. The number of aryl methyl sites for hydroxylation is 1. The first kappa shape index (κ1) is 14.0. The molecule has 0 saturated carbocycles. The van der Waals surface area contributed by atoms with Crippen LogP contribution in [0, 0.1) is 6.92 Å². The van der Waals surface area contributed by atoms with Gasteiger partial charge >= 0.3 is 5.97 Å². The molecule has 1 aromatic rings. The third kappa shape index (κ3) is 2.50. The predicted octanol–water partition coefficient (Wildman–Crippen LogP) is 0.434. The fourth-order valence-corrected chi connectivity index (χ4v) is 4.06. The smallest absolute Gasteiger partial charge is 0.324 e. The summed E-state index contributed by atoms with van der Waals surface area (Å²) >= 11 is 0. The number of hydrogen-bond donors (Lipinski definition) is 1. The van der Waals surface area contributed by atoms with E-state index in [4.69, 9.17) is 4.74 Å². The van der Waals surface area contributed by atoms with Crippen molar-refractivity contribution in [1.29, 1.82) is 0 Å². The van der Waals surface area contributed by atoms with Gasteiger partial charge in [0.15, 0.2) is 0 Å². The zero-order valence-corrected chi connectivity index (χ0v) is 11.7. The molecule has 0 aliphatic carbocycles. The van der Waals surface area contributed by atoms with Gasteiger partial charge in [0.1, 0.15) is 10.9 Å². The summed E-state index contributed by atoms with van der Waals surface area (Å²) in [6.45, 7) is 1.96. The molecule has 0 spiro atoms. The fraction of sp³-hybridized carbons (Fsp3) is 0.636. The molecule has 1 aliphatic heterocycles. The van der Waals surface area contributed by atoms with Gasteiger partial charge in [-0.15, -0.1) is 0 Å². The third-order valence-electron chi connectivity index (χ3n) is 3.30. The van der Waals surface area contributed by atoms with Crippen LogP contribution in [0.25, 0.3) is 0 Å². The maximum atomic E-state index is 12.6. The van der Waals surface area contributed by atoms with E-state index >= 15 is 0 Å². The number of nitrogens with zero attached hydrogens (tertiary/aromatic N) is 2. The maximum absolute atomic E-state index is 12.6. The number of piperidine rings is 1. The van der Waals surface area contributed by atoms with E-state index in [1.165, 1.54) is 17.6 Å². The summed E-state index contributed by atoms with van der Waals surface area (Å²) in [5, 5.41) is 6.33. The second-order valence-corrected chi connectivity index (χ2v) is 6.37. The Labute approximate surface area is 112 Å². The van der Waals surface area contributed by atoms with Crippen LogP contribution in [0.2, 0.25) is 0 Å². The van der Waals surface area contributed by atoms with Gasteiger partial charge in [-0.3, -0.25) is 9.89 Å². The summed E-state index contributed by atoms with van der Waals surface area (Å²) in [5.41, 5.74) is 0.467. The highest BCUT2D eigenvalue weighted by Gasteiger charge is 2.39. The molecule has 8 heteroatoms. The molecule has 0 amide bonds. The Morgan fingerprint density at radius 2 is 2.26 bits per heavy atom. The number of carbonyl (C=O) groups excluding carboxylic acids is 1. The van der Waals surface area contributed by atoms with Gasteiger partial charge in [0, 0.05) is 6.54 Å². The summed E-state index contributed by atoms with van der Waals surface area (Å²) in [4.78, 5) is 11.8. The lowest BCUT2D eigenvalue weighted by atomic mass is 10.1. The molecule has 1 aliphatic rings. The molecule has 0 bridgehead atoms. The fourth-order valence-electron chi connectivity index (χ4n) is 2.29. The van der Waals surface area contributed by atoms with E-state index in [0.29, 0.717) is 18.7 Å². The number of sulfonamides is 1. The van der Waals surface area contributed by atoms with Crippen molar-refractivity contribution in [1.82, 2.24) is 14.5 Å². The van der Waals surface area contributed by atoms with E-state index in [0.717, 1.165) is 12.8 Å². The highest BCUT2D eigenvalue weighted by Crippen LogP contribution is 2.26. The number of methoxy groups -OCH3 is 1. The maximum Gasteiger partial charge on any atom is 0.324 e. The van der Waals surface area contributed by atoms with Crippen molar-refractivity contribution in [2.24, 2.45) is 0 Å². The molecule has 1 N–H and O–H groups in total. The molecule has 19 heavy (non-hydrogen) atoms. The Balaban J connectivity index is 2.37. The van der Waals surface area contributed by atoms with Crippen LogP contribution in [-0.2, 0) is 19.6 Å². The lowest BCUT2D eigenvalue weighted by molar-refractivity contribution is -0.146. The minimum atomic E-state index is -3.71. The number of hydrogen-bond acceptors (Lipinski definition) is 5. The molecule has 2 rings (SSSR count). The number of aromatic nitrogens is 2. The molecular weight excluding hydrogens is 270 g/mol. The van der Waals surface area contributed by atoms with Crippen molar-refractivity contribution in [3.05, 3.63) is 11.9 Å². The van der Waals surface area contributed by atoms with Gasteiger partial charge in [-0.2, -0.15) is 9.40 Å². The van der Waals surface area contributed by atoms with Crippen LogP contribution >= 0.6 is 0 Å². The predicted molar refractivity (Wildman–Crippen MR) is 66.9 cm³/mol. The molecule has 7 nitrogen and oxygen atoms in total. The zero-order chi connectivity index (χ0) is 14.0. The number of esters is 1. The number of nitrogens with one attached hydrogen (secondary N) is 1. The average molecular weight is 287 g/mol. The molecule has 0 unspecified atom stereocenters. The van der Waals surface area contributed by atoms with E-state index in [2.05, 4.69) is 10.2 Å². The van der Waals surface area contributed by atoms with Crippen LogP contribution in [0.3, 0.4) is 0 Å². The highest BCUT2D eigenvalue weighted by molar-refractivity contribution is 7.89. The summed E-state index contributed by atoms with van der Waals surface area (Å²) in [7, 11) is -2.45. The first-order valence-corrected chi connectivity index (χ1v) is 7.52. The number of carbonyl (C=O) groups is 1. The minimum absolute atomic E-state index is 0.114. The quantitative estimate of drug-likeness (QED) is 0.814. The van der Waals surface area contributed by atoms with Crippen LogP contribution in [0.5, 0.6) is 0 Å². The SMILES string of the molecule is COC(=O)[C@H]1CCCCN1S(=O)(=O)c1cn[nH]c1C. The second-order valence-electron chi connectivity index (χ2n) is 4.51. The van der Waals surface area contributed by atoms with Gasteiger partial charge in [-0.05, 0) is 26.2 Å². The van der Waals surface area contributed by atoms with E-state index in [1.807, 2.05) is 0 Å². The molecule has 0 radical (unpaired) electrons. The summed E-state index contributed by atoms with van der Waals surface area (Å²) in [6, 6.07) is -0.738. The zero-order valence-electron chi connectivity index (χ0n) is 10.9. The van der Waals surface area contributed by atoms with Gasteiger partial charge in [-0.25, -0.2) is 8.42 Å². The number of aromatic amines is 1. The Bertz CT molecular complexity index is 566. The monoisotopic (exact) mass is 287 g/mol. The normalized spacial score (nSPS) is 21.3. The van der Waals surface area contributed by atoms with Crippen LogP contribution in [0.4, 0.5) is 0 Å². The van der Waals surface area contributed by atoms with Gasteiger partial charge in [0.25, 0.3) is 0 Å². The lowest BCUT2D eigenvalue weighted by Gasteiger charge is -2.32. The topological polar surface area (TPSA) is 92.4 Å². The van der Waals surface area contributed by atoms with E-state index in [-0.39, 0.29) is 4.90 Å². The molecule has 1 aromatic heterocycles. The first-order chi connectivity index (χ1) is 8.98. The summed E-state index contributed by atoms with van der Waals surface area (Å²) in [6.07, 6.45) is 3.32. The van der Waals surface area contributed by atoms with Crippen LogP contribution in [0.15, 0.2) is 11.1 Å². The van der Waals surface area contributed by atoms with Crippen molar-refractivity contribution in [3.63, 3.8) is 0 Å². The van der Waals surface area contributed by atoms with Gasteiger partial charge < -0.3 is 4.74 Å². The highest BCUT2D eigenvalue weighted by atomic mass is 32.2. The van der Waals surface area contributed by atoms with E-state index in [9.17, 15) is 13.2 Å². The molecule has 2 heterocycles. The van der Waals surface area contributed by atoms with Crippen molar-refractivity contribution in [3.8, 4) is 0 Å². The van der Waals surface area contributed by atoms with Crippen LogP contribution in [-0.4, -0.2) is 48.6 Å². The van der Waals surface area contributed by atoms with Crippen molar-refractivity contribution in [2.75, 3.05) is 13.7 Å². The Morgan fingerprint density at radius 1 is 1.53 bits per heavy atom. The van der Waals surface area contributed by atoms with Gasteiger partial charge in [0.2, 0.25) is 10.0 Å². The largest absolute Gasteiger partial charge is 0.468 e. The van der Waals surface area contributed by atoms with Crippen LogP contribution in [0.1, 0.15) is 25.0 Å². The Hall–Kier alpha value is -1.41. The van der Waals surface area contributed by atoms with Gasteiger partial charge in [0.05, 0.1) is 19.0 Å². The number of H-pyrrole nitrogens is 1. The summed E-state index contributed by atoms with van der Waals surface area (Å²) in [5.74, 6) is -0.510. The molecule has 1 fully saturated rings. The van der Waals surface area contributed by atoms with Crippen LogP contribution < -0.4 is 0 Å². The third-order valence-corrected chi connectivity index (χ3v) is 5.32. The van der Waals surface area contributed by atoms with Crippen molar-refractivity contribution >= 4 is 16.0 Å². The van der Waals surface area contributed by atoms with E-state index in [1.54, 1.807) is 6.92 Å². The number of rotatable bonds is 3. The van der Waals surface area contributed by atoms with Crippen molar-refractivity contribution < 1.29 is 17.9 Å². The van der Waals surface area contributed by atoms with Crippen molar-refractivity contribution in [2.45, 2.75) is 37.1 Å². The molecule has 0 aromatic carbocycles. The Morgan fingerprint density at radius 3 is 2.84 bits per heavy atom. The lowest BCUT2D eigenvalue weighted by Crippen LogP contribution is -2.48. The first-order valence-electron chi connectivity index (χ1n) is 6.08. The molecule has 1 saturated heterocycles. The second kappa shape index (κ2) is 5.30. The molecule has 106 valence electrons. The number of ether oxygens (including phenoxy) is 1. The summed E-state index contributed by atoms with van der Waals surface area (Å²) < 4.78 is 31.0.